The molecule has 0 heterocycles. The molecule has 0 N–H and O–H groups in total. The van der Waals surface area contributed by atoms with Gasteiger partial charge in [0.1, 0.15) is 12.5 Å². The van der Waals surface area contributed by atoms with Gasteiger partial charge < -0.3 is 39.6 Å². The minimum Gasteiger partial charge on any atom is -0.358 e. The normalized spacial score (nSPS) is 8.98. The smallest absolute Gasteiger partial charge is 0.127 e. The summed E-state index contributed by atoms with van der Waals surface area (Å²) >= 11 is 13.4. The summed E-state index contributed by atoms with van der Waals surface area (Å²) in [6.07, 6.45) is 7.68. The van der Waals surface area contributed by atoms with Gasteiger partial charge in [-0.3, -0.25) is 4.93 Å². The molecule has 1 unspecified atom stereocenters. The Labute approximate surface area is 459 Å². The fraction of sp³-hybridized carbons (Fsp3) is 0.250. The van der Waals surface area contributed by atoms with E-state index in [1.807, 2.05) is 133 Å². The van der Waals surface area contributed by atoms with Crippen molar-refractivity contribution in [2.75, 3.05) is 2.43 Å². The number of benzene rings is 5. The first kappa shape index (κ1) is 70.4. The first-order valence-electron chi connectivity index (χ1n) is 17.6. The predicted molar refractivity (Wildman–Crippen MR) is 304 cm³/mol. The first-order valence-corrected chi connectivity index (χ1v) is 26.0. The number of aryl methyl sites for hydroxylation is 2. The Morgan fingerprint density at radius 1 is 0.586 bits per heavy atom. The van der Waals surface area contributed by atoms with E-state index < -0.39 is 0 Å². The monoisotopic (exact) mass is 1530 g/mol. The summed E-state index contributed by atoms with van der Waals surface area (Å²) < 4.78 is 1.93. The van der Waals surface area contributed by atoms with Gasteiger partial charge in [0.25, 0.3) is 0 Å². The molecule has 0 aliphatic rings. The number of hydrogen-bond acceptors (Lipinski definition) is 2. The zero-order valence-corrected chi connectivity index (χ0v) is 50.1. The van der Waals surface area contributed by atoms with E-state index in [1.54, 1.807) is 0 Å². The molecule has 0 bridgehead atoms. The quantitative estimate of drug-likeness (QED) is 0.0638. The Balaban J connectivity index is -0.000000137. The number of halogens is 6. The first-order chi connectivity index (χ1) is 26.6. The molecule has 1 atom stereocenters. The molecule has 5 aromatic carbocycles. The van der Waals surface area contributed by atoms with Gasteiger partial charge >= 0.3 is 0 Å². The van der Waals surface area contributed by atoms with Gasteiger partial charge in [0, 0.05) is 49.5 Å². The molecular formula is C48H60I6O2V2-2. The molecule has 0 aromatic heterocycles. The van der Waals surface area contributed by atoms with Gasteiger partial charge in [-0.1, -0.05) is 311 Å². The third-order valence-electron chi connectivity index (χ3n) is 6.81. The molecule has 0 saturated heterocycles. The van der Waals surface area contributed by atoms with Gasteiger partial charge in [-0.05, 0) is 46.6 Å². The van der Waals surface area contributed by atoms with Gasteiger partial charge in [-0.2, -0.15) is 0 Å². The molecule has 318 valence electrons. The summed E-state index contributed by atoms with van der Waals surface area (Å²) in [5.74, 6) is 0.687. The van der Waals surface area contributed by atoms with E-state index in [2.05, 4.69) is 200 Å². The average Bonchev–Trinajstić information content (AvgIpc) is 3.23. The van der Waals surface area contributed by atoms with Crippen molar-refractivity contribution in [1.82, 2.24) is 0 Å². The van der Waals surface area contributed by atoms with Crippen molar-refractivity contribution in [3.63, 3.8) is 0 Å². The van der Waals surface area contributed by atoms with Crippen LogP contribution in [-0.4, -0.2) is 14.9 Å². The zero-order chi connectivity index (χ0) is 42.0. The van der Waals surface area contributed by atoms with E-state index in [9.17, 15) is 9.59 Å². The van der Waals surface area contributed by atoms with Crippen LogP contribution in [0.3, 0.4) is 0 Å². The third-order valence-corrected chi connectivity index (χ3v) is 6.81. The zero-order valence-electron chi connectivity index (χ0n) is 34.3. The van der Waals surface area contributed by atoms with E-state index in [0.29, 0.717) is 12.3 Å². The van der Waals surface area contributed by atoms with Crippen LogP contribution < -0.4 is 0 Å². The number of alkyl halides is 5. The largest absolute Gasteiger partial charge is 0.358 e. The Morgan fingerprint density at radius 2 is 0.897 bits per heavy atom. The van der Waals surface area contributed by atoms with Crippen molar-refractivity contribution in [1.29, 1.82) is 0 Å². The van der Waals surface area contributed by atoms with Gasteiger partial charge in [0.2, 0.25) is 0 Å². The molecule has 2 nitrogen and oxygen atoms in total. The number of hydrogen-bond donors (Lipinski definition) is 0. The van der Waals surface area contributed by atoms with Gasteiger partial charge in [-0.25, -0.2) is 0 Å². The molecule has 5 rings (SSSR count). The standard InChI is InChI=1S/2C9H10O.2C9H12.C8H8.CHI3.CH2I2.CH2I.CH3.2V/c1-8(7-10)9-5-3-2-4-6-9;10-8-4-7-9-5-2-1-3-6-9;1-8(2)9-6-4-3-5-7-9;1-2-6-9-7-4-3-5-8-9;1-2-8-6-4-3-5-7-8;2-1(3)4;2-1-3;1-2;;;/h2-8H,1H3;1-3,5-6,8H,4,7H2;3-8H,1-2H3;3-5,7-8H,2,6H2,1H3;2-7H,1H2;1H;1H2;1H2;1H3;;/q;;;;;;;2*-1;;. The van der Waals surface area contributed by atoms with Crippen molar-refractivity contribution in [2.24, 2.45) is 0 Å². The minimum atomic E-state index is 0. The topological polar surface area (TPSA) is 34.1 Å². The molecule has 5 aromatic rings. The molecule has 0 fully saturated rings. The number of aldehydes is 2. The number of carbonyl (C=O) groups excluding carboxylic acids is 2. The van der Waals surface area contributed by atoms with Gasteiger partial charge in [-0.15, -0.1) is 0 Å². The van der Waals surface area contributed by atoms with E-state index in [-0.39, 0.29) is 50.5 Å². The summed E-state index contributed by atoms with van der Waals surface area (Å²) in [6.45, 7) is 12.1. The molecule has 10 heteroatoms. The second kappa shape index (κ2) is 55.7. The number of carbonyl (C=O) groups is 2. The fourth-order valence-corrected chi connectivity index (χ4v) is 4.07. The van der Waals surface area contributed by atoms with Crippen molar-refractivity contribution in [3.8, 4) is 0 Å². The van der Waals surface area contributed by atoms with Crippen LogP contribution in [-0.2, 0) is 59.5 Å². The molecule has 0 spiro atoms. The predicted octanol–water partition coefficient (Wildman–Crippen LogP) is 17.6. The second-order valence-electron chi connectivity index (χ2n) is 11.3. The Hall–Kier alpha value is 0.729. The van der Waals surface area contributed by atoms with Crippen LogP contribution in [0, 0.1) is 12.4 Å². The minimum absolute atomic E-state index is 0. The molecule has 58 heavy (non-hydrogen) atoms. The summed E-state index contributed by atoms with van der Waals surface area (Å²) in [4.78, 5) is 23.5. The van der Waals surface area contributed by atoms with Crippen LogP contribution in [0.4, 0.5) is 0 Å². The summed E-state index contributed by atoms with van der Waals surface area (Å²) in [5, 5.41) is 0. The van der Waals surface area contributed by atoms with Crippen LogP contribution >= 0.6 is 136 Å². The van der Waals surface area contributed by atoms with Gasteiger partial charge in [0.15, 0.2) is 0 Å². The summed E-state index contributed by atoms with van der Waals surface area (Å²) in [6, 6.07) is 50.9. The molecule has 2 radical (unpaired) electrons. The second-order valence-corrected chi connectivity index (χ2v) is 26.6. The maximum absolute atomic E-state index is 10.3. The van der Waals surface area contributed by atoms with Gasteiger partial charge in [0.05, 0.1) is 2.43 Å². The Bertz CT molecular complexity index is 1500. The van der Waals surface area contributed by atoms with Crippen LogP contribution in [0.15, 0.2) is 158 Å². The molecule has 0 amide bonds. The Morgan fingerprint density at radius 3 is 1.16 bits per heavy atom. The third kappa shape index (κ3) is 49.4. The van der Waals surface area contributed by atoms with E-state index in [1.165, 1.54) is 37.5 Å². The molecular weight excluding hydrogens is 1470 g/mol. The SMILES string of the molecule is C=Cc1ccccc1.CC(C)c1ccccc1.CC(C=O)c1ccccc1.CCCc1ccccc1.IC(I)I.ICI.O=CCCc1ccccc1.[CH2-]I.[CH3-].[V].[V]. The average molecular weight is 1530 g/mol. The van der Waals surface area contributed by atoms with Crippen LogP contribution in [0.25, 0.3) is 6.08 Å². The van der Waals surface area contributed by atoms with Crippen molar-refractivity contribution >= 4 is 154 Å². The van der Waals surface area contributed by atoms with E-state index >= 15 is 0 Å². The van der Waals surface area contributed by atoms with E-state index in [4.69, 9.17) is 0 Å². The Kier molecular flexibility index (Phi) is 67.7. The summed E-state index contributed by atoms with van der Waals surface area (Å²) in [7, 11) is 0. The van der Waals surface area contributed by atoms with Crippen molar-refractivity contribution in [2.45, 2.75) is 65.2 Å². The van der Waals surface area contributed by atoms with Crippen molar-refractivity contribution in [3.05, 3.63) is 198 Å². The number of rotatable bonds is 9. The maximum atomic E-state index is 10.3. The van der Waals surface area contributed by atoms with Crippen molar-refractivity contribution < 1.29 is 46.7 Å². The van der Waals surface area contributed by atoms with Crippen LogP contribution in [0.1, 0.15) is 80.2 Å². The molecule has 0 aliphatic carbocycles. The molecule has 0 aliphatic heterocycles. The maximum Gasteiger partial charge on any atom is 0.127 e. The van der Waals surface area contributed by atoms with Crippen LogP contribution in [0.5, 0.6) is 0 Å². The molecule has 0 saturated carbocycles. The fourth-order valence-electron chi connectivity index (χ4n) is 4.07. The summed E-state index contributed by atoms with van der Waals surface area (Å²) in [5.41, 5.74) is 6.34. The van der Waals surface area contributed by atoms with Crippen LogP contribution in [0.2, 0.25) is 0 Å². The van der Waals surface area contributed by atoms with E-state index in [0.717, 1.165) is 24.5 Å².